The van der Waals surface area contributed by atoms with Crippen LogP contribution in [0.1, 0.15) is 30.9 Å². The molecule has 1 aliphatic heterocycles. The molecule has 0 amide bonds. The highest BCUT2D eigenvalue weighted by Gasteiger charge is 2.28. The second-order valence-electron chi connectivity index (χ2n) is 7.03. The van der Waals surface area contributed by atoms with Gasteiger partial charge in [0, 0.05) is 37.7 Å². The average molecular weight is 393 g/mol. The van der Waals surface area contributed by atoms with Gasteiger partial charge in [0.25, 0.3) is 0 Å². The molecule has 26 heavy (non-hydrogen) atoms. The Bertz CT molecular complexity index is 825. The van der Waals surface area contributed by atoms with Crippen molar-refractivity contribution in [3.05, 3.63) is 64.7 Å². The normalized spacial score (nSPS) is 16.9. The summed E-state index contributed by atoms with van der Waals surface area (Å²) in [4.78, 5) is 2.66. The zero-order valence-electron chi connectivity index (χ0n) is 15.2. The molecular formula is C20H25ClN2O2S. The van der Waals surface area contributed by atoms with Gasteiger partial charge in [0.15, 0.2) is 0 Å². The monoisotopic (exact) mass is 392 g/mol. The molecule has 0 aromatic heterocycles. The fourth-order valence-electron chi connectivity index (χ4n) is 3.15. The molecule has 0 spiro atoms. The molecular weight excluding hydrogens is 368 g/mol. The molecule has 0 N–H and O–H groups in total. The van der Waals surface area contributed by atoms with E-state index in [1.807, 2.05) is 36.4 Å². The number of hydrogen-bond acceptors (Lipinski definition) is 3. The van der Waals surface area contributed by atoms with Gasteiger partial charge in [0.05, 0.1) is 4.90 Å². The molecule has 0 radical (unpaired) electrons. The average Bonchev–Trinajstić information content (AvgIpc) is 2.64. The van der Waals surface area contributed by atoms with E-state index >= 15 is 0 Å². The van der Waals surface area contributed by atoms with Gasteiger partial charge in [0.2, 0.25) is 10.0 Å². The number of benzene rings is 2. The standard InChI is InChI=1S/C20H25ClN2O2S/c1-16(2)18-5-9-20(10-6-18)26(24,25)23-13-11-22(12-14-23)15-17-3-7-19(21)8-4-17/h3-10,16H,11-15H2,1-2H3. The lowest BCUT2D eigenvalue weighted by Gasteiger charge is -2.34. The minimum atomic E-state index is -3.42. The van der Waals surface area contributed by atoms with Crippen LogP contribution in [0.4, 0.5) is 0 Å². The second-order valence-corrected chi connectivity index (χ2v) is 9.40. The Hall–Kier alpha value is -1.40. The minimum Gasteiger partial charge on any atom is -0.296 e. The fourth-order valence-corrected chi connectivity index (χ4v) is 4.70. The molecule has 0 saturated carbocycles. The highest BCUT2D eigenvalue weighted by atomic mass is 35.5. The lowest BCUT2D eigenvalue weighted by atomic mass is 10.0. The lowest BCUT2D eigenvalue weighted by Crippen LogP contribution is -2.48. The summed E-state index contributed by atoms with van der Waals surface area (Å²) < 4.78 is 27.3. The van der Waals surface area contributed by atoms with Crippen molar-refractivity contribution in [2.75, 3.05) is 26.2 Å². The number of hydrogen-bond donors (Lipinski definition) is 0. The third kappa shape index (κ3) is 4.46. The second kappa shape index (κ2) is 8.09. The highest BCUT2D eigenvalue weighted by molar-refractivity contribution is 7.89. The van der Waals surface area contributed by atoms with E-state index < -0.39 is 10.0 Å². The first-order valence-corrected chi connectivity index (χ1v) is 10.7. The van der Waals surface area contributed by atoms with Crippen molar-refractivity contribution in [3.8, 4) is 0 Å². The van der Waals surface area contributed by atoms with E-state index in [4.69, 9.17) is 11.6 Å². The number of sulfonamides is 1. The predicted molar refractivity (Wildman–Crippen MR) is 106 cm³/mol. The molecule has 0 unspecified atom stereocenters. The maximum atomic E-state index is 12.9. The highest BCUT2D eigenvalue weighted by Crippen LogP contribution is 2.22. The van der Waals surface area contributed by atoms with Crippen LogP contribution in [-0.2, 0) is 16.6 Å². The van der Waals surface area contributed by atoms with Crippen LogP contribution in [0.25, 0.3) is 0 Å². The van der Waals surface area contributed by atoms with Crippen molar-refractivity contribution in [1.82, 2.24) is 9.21 Å². The Balaban J connectivity index is 1.62. The molecule has 0 bridgehead atoms. The van der Waals surface area contributed by atoms with Gasteiger partial charge in [-0.15, -0.1) is 0 Å². The molecule has 3 rings (SSSR count). The maximum Gasteiger partial charge on any atom is 0.243 e. The Morgan fingerprint density at radius 1 is 0.923 bits per heavy atom. The summed E-state index contributed by atoms with van der Waals surface area (Å²) in [5, 5.41) is 0.730. The minimum absolute atomic E-state index is 0.382. The van der Waals surface area contributed by atoms with Crippen LogP contribution >= 0.6 is 11.6 Å². The van der Waals surface area contributed by atoms with E-state index in [-0.39, 0.29) is 0 Å². The zero-order chi connectivity index (χ0) is 18.7. The van der Waals surface area contributed by atoms with E-state index in [0.29, 0.717) is 23.9 Å². The van der Waals surface area contributed by atoms with Gasteiger partial charge in [0.1, 0.15) is 0 Å². The zero-order valence-corrected chi connectivity index (χ0v) is 16.8. The maximum absolute atomic E-state index is 12.9. The first-order valence-electron chi connectivity index (χ1n) is 8.93. The van der Waals surface area contributed by atoms with Crippen LogP contribution in [0, 0.1) is 0 Å². The number of nitrogens with zero attached hydrogens (tertiary/aromatic N) is 2. The van der Waals surface area contributed by atoms with E-state index in [0.717, 1.165) is 30.2 Å². The van der Waals surface area contributed by atoms with Crippen molar-refractivity contribution in [2.45, 2.75) is 31.2 Å². The predicted octanol–water partition coefficient (Wildman–Crippen LogP) is 3.97. The largest absolute Gasteiger partial charge is 0.296 e. The van der Waals surface area contributed by atoms with E-state index in [1.54, 1.807) is 16.4 Å². The Labute approximate surface area is 161 Å². The van der Waals surface area contributed by atoms with Gasteiger partial charge in [-0.05, 0) is 41.3 Å². The van der Waals surface area contributed by atoms with Gasteiger partial charge in [-0.1, -0.05) is 49.7 Å². The van der Waals surface area contributed by atoms with Gasteiger partial charge in [-0.25, -0.2) is 8.42 Å². The summed E-state index contributed by atoms with van der Waals surface area (Å²) in [6.07, 6.45) is 0. The van der Waals surface area contributed by atoms with Crippen molar-refractivity contribution in [2.24, 2.45) is 0 Å². The number of halogens is 1. The van der Waals surface area contributed by atoms with Crippen LogP contribution in [0.2, 0.25) is 5.02 Å². The fraction of sp³-hybridized carbons (Fsp3) is 0.400. The summed E-state index contributed by atoms with van der Waals surface area (Å²) in [5.74, 6) is 0.392. The third-order valence-corrected chi connectivity index (χ3v) is 7.00. The first-order chi connectivity index (χ1) is 12.4. The molecule has 1 saturated heterocycles. The summed E-state index contributed by atoms with van der Waals surface area (Å²) in [7, 11) is -3.42. The van der Waals surface area contributed by atoms with Crippen LogP contribution in [0.5, 0.6) is 0 Å². The van der Waals surface area contributed by atoms with Crippen LogP contribution < -0.4 is 0 Å². The first kappa shape index (κ1) is 19.4. The van der Waals surface area contributed by atoms with E-state index in [2.05, 4.69) is 18.7 Å². The Morgan fingerprint density at radius 3 is 2.04 bits per heavy atom. The van der Waals surface area contributed by atoms with Crippen molar-refractivity contribution < 1.29 is 8.42 Å². The Kier molecular flexibility index (Phi) is 6.03. The van der Waals surface area contributed by atoms with E-state index in [1.165, 1.54) is 5.56 Å². The van der Waals surface area contributed by atoms with Gasteiger partial charge in [-0.2, -0.15) is 4.31 Å². The van der Waals surface area contributed by atoms with Gasteiger partial charge < -0.3 is 0 Å². The van der Waals surface area contributed by atoms with Crippen LogP contribution in [-0.4, -0.2) is 43.8 Å². The summed E-state index contributed by atoms with van der Waals surface area (Å²) in [5.41, 5.74) is 2.34. The molecule has 140 valence electrons. The lowest BCUT2D eigenvalue weighted by molar-refractivity contribution is 0.181. The summed E-state index contributed by atoms with van der Waals surface area (Å²) in [6, 6.07) is 15.1. The van der Waals surface area contributed by atoms with Gasteiger partial charge >= 0.3 is 0 Å². The Morgan fingerprint density at radius 2 is 1.50 bits per heavy atom. The molecule has 1 fully saturated rings. The molecule has 0 atom stereocenters. The molecule has 4 nitrogen and oxygen atoms in total. The topological polar surface area (TPSA) is 40.6 Å². The molecule has 2 aromatic carbocycles. The van der Waals surface area contributed by atoms with Crippen molar-refractivity contribution in [3.63, 3.8) is 0 Å². The molecule has 2 aromatic rings. The summed E-state index contributed by atoms with van der Waals surface area (Å²) >= 11 is 5.92. The smallest absolute Gasteiger partial charge is 0.243 e. The van der Waals surface area contributed by atoms with Crippen LogP contribution in [0.3, 0.4) is 0 Å². The molecule has 6 heteroatoms. The summed E-state index contributed by atoms with van der Waals surface area (Å²) in [6.45, 7) is 7.50. The molecule has 1 heterocycles. The quantitative estimate of drug-likeness (QED) is 0.773. The third-order valence-electron chi connectivity index (χ3n) is 4.84. The van der Waals surface area contributed by atoms with Crippen molar-refractivity contribution in [1.29, 1.82) is 0 Å². The van der Waals surface area contributed by atoms with Gasteiger partial charge in [-0.3, -0.25) is 4.90 Å². The van der Waals surface area contributed by atoms with E-state index in [9.17, 15) is 8.42 Å². The molecule has 1 aliphatic rings. The van der Waals surface area contributed by atoms with Crippen molar-refractivity contribution >= 4 is 21.6 Å². The van der Waals surface area contributed by atoms with Crippen LogP contribution in [0.15, 0.2) is 53.4 Å². The SMILES string of the molecule is CC(C)c1ccc(S(=O)(=O)N2CCN(Cc3ccc(Cl)cc3)CC2)cc1. The molecule has 0 aliphatic carbocycles. The number of piperazine rings is 1. The number of rotatable bonds is 5.